The van der Waals surface area contributed by atoms with Gasteiger partial charge in [-0.2, -0.15) is 0 Å². The average Bonchev–Trinajstić information content (AvgIpc) is 2.20. The van der Waals surface area contributed by atoms with Crippen LogP contribution in [0.4, 0.5) is 0 Å². The van der Waals surface area contributed by atoms with Gasteiger partial charge in [0.1, 0.15) is 9.84 Å². The maximum absolute atomic E-state index is 11.1. The Morgan fingerprint density at radius 2 is 1.88 bits per heavy atom. The van der Waals surface area contributed by atoms with Crippen LogP contribution in [0.5, 0.6) is 0 Å². The largest absolute Gasteiger partial charge is 0.330 e. The van der Waals surface area contributed by atoms with E-state index in [-0.39, 0.29) is 11.7 Å². The van der Waals surface area contributed by atoms with Gasteiger partial charge in [-0.3, -0.25) is 0 Å². The smallest absolute Gasteiger partial charge is 0.147 e. The fourth-order valence-electron chi connectivity index (χ4n) is 1.51. The molecule has 0 aliphatic heterocycles. The predicted molar refractivity (Wildman–Crippen MR) is 67.6 cm³/mol. The van der Waals surface area contributed by atoms with Gasteiger partial charge in [-0.05, 0) is 36.6 Å². The van der Waals surface area contributed by atoms with Crippen LogP contribution in [0.2, 0.25) is 5.02 Å². The van der Waals surface area contributed by atoms with Gasteiger partial charge in [-0.15, -0.1) is 0 Å². The lowest BCUT2D eigenvalue weighted by Crippen LogP contribution is -2.16. The minimum absolute atomic E-state index is 0.0759. The Balaban J connectivity index is 2.71. The number of sulfone groups is 1. The molecule has 0 aromatic heterocycles. The summed E-state index contributed by atoms with van der Waals surface area (Å²) >= 11 is 5.78. The highest BCUT2D eigenvalue weighted by Crippen LogP contribution is 2.21. The van der Waals surface area contributed by atoms with E-state index in [4.69, 9.17) is 17.3 Å². The topological polar surface area (TPSA) is 60.2 Å². The SMILES string of the molecule is CS(=O)(=O)CCC(CN)c1ccc(Cl)cc1. The number of halogens is 1. The molecule has 0 radical (unpaired) electrons. The zero-order valence-electron chi connectivity index (χ0n) is 9.19. The lowest BCUT2D eigenvalue weighted by atomic mass is 9.97. The van der Waals surface area contributed by atoms with Crippen molar-refractivity contribution in [1.29, 1.82) is 0 Å². The van der Waals surface area contributed by atoms with Gasteiger partial charge < -0.3 is 5.73 Å². The van der Waals surface area contributed by atoms with Crippen molar-refractivity contribution in [2.24, 2.45) is 5.73 Å². The van der Waals surface area contributed by atoms with Gasteiger partial charge in [0.2, 0.25) is 0 Å². The molecule has 2 N–H and O–H groups in total. The van der Waals surface area contributed by atoms with Crippen molar-refractivity contribution < 1.29 is 8.42 Å². The Kier molecular flexibility index (Phi) is 4.77. The normalized spacial score (nSPS) is 13.7. The van der Waals surface area contributed by atoms with E-state index in [0.29, 0.717) is 18.0 Å². The molecule has 0 bridgehead atoms. The van der Waals surface area contributed by atoms with Crippen molar-refractivity contribution in [2.45, 2.75) is 12.3 Å². The second-order valence-electron chi connectivity index (χ2n) is 3.90. The molecular weight excluding hydrogens is 246 g/mol. The molecule has 0 aliphatic rings. The van der Waals surface area contributed by atoms with Crippen LogP contribution in [0.3, 0.4) is 0 Å². The van der Waals surface area contributed by atoms with Gasteiger partial charge in [0.15, 0.2) is 0 Å². The second kappa shape index (κ2) is 5.66. The van der Waals surface area contributed by atoms with E-state index >= 15 is 0 Å². The molecule has 0 amide bonds. The molecule has 0 heterocycles. The van der Waals surface area contributed by atoms with Crippen LogP contribution in [0.15, 0.2) is 24.3 Å². The van der Waals surface area contributed by atoms with Crippen LogP contribution in [-0.4, -0.2) is 27.0 Å². The first-order valence-corrected chi connectivity index (χ1v) is 7.49. The van der Waals surface area contributed by atoms with Crippen LogP contribution in [-0.2, 0) is 9.84 Å². The van der Waals surface area contributed by atoms with E-state index in [2.05, 4.69) is 0 Å². The van der Waals surface area contributed by atoms with E-state index in [0.717, 1.165) is 5.56 Å². The third-order valence-electron chi connectivity index (χ3n) is 2.46. The maximum atomic E-state index is 11.1. The van der Waals surface area contributed by atoms with Crippen molar-refractivity contribution in [3.8, 4) is 0 Å². The molecule has 1 unspecified atom stereocenters. The highest BCUT2D eigenvalue weighted by molar-refractivity contribution is 7.90. The Hall–Kier alpha value is -0.580. The number of benzene rings is 1. The molecule has 90 valence electrons. The van der Waals surface area contributed by atoms with Crippen molar-refractivity contribution in [3.63, 3.8) is 0 Å². The summed E-state index contributed by atoms with van der Waals surface area (Å²) < 4.78 is 22.2. The van der Waals surface area contributed by atoms with Gasteiger partial charge >= 0.3 is 0 Å². The Bertz CT molecular complexity index is 428. The molecule has 5 heteroatoms. The third-order valence-corrected chi connectivity index (χ3v) is 3.69. The predicted octanol–water partition coefficient (Wildman–Crippen LogP) is 1.82. The molecule has 3 nitrogen and oxygen atoms in total. The summed E-state index contributed by atoms with van der Waals surface area (Å²) in [6.07, 6.45) is 1.79. The van der Waals surface area contributed by atoms with Crippen LogP contribution in [0, 0.1) is 0 Å². The summed E-state index contributed by atoms with van der Waals surface area (Å²) in [6.45, 7) is 0.442. The Labute approximate surface area is 102 Å². The first kappa shape index (κ1) is 13.5. The maximum Gasteiger partial charge on any atom is 0.147 e. The number of hydrogen-bond acceptors (Lipinski definition) is 3. The molecule has 1 aromatic rings. The number of nitrogens with two attached hydrogens (primary N) is 1. The highest BCUT2D eigenvalue weighted by Gasteiger charge is 2.12. The minimum Gasteiger partial charge on any atom is -0.330 e. The van der Waals surface area contributed by atoms with Crippen LogP contribution in [0.1, 0.15) is 17.9 Å². The first-order chi connectivity index (χ1) is 7.42. The highest BCUT2D eigenvalue weighted by atomic mass is 35.5. The zero-order chi connectivity index (χ0) is 12.2. The van der Waals surface area contributed by atoms with Gasteiger partial charge in [-0.1, -0.05) is 23.7 Å². The minimum atomic E-state index is -2.93. The standard InChI is InChI=1S/C11H16ClNO2S/c1-16(14,15)7-6-10(8-13)9-2-4-11(12)5-3-9/h2-5,10H,6-8,13H2,1H3. The van der Waals surface area contributed by atoms with Crippen LogP contribution in [0.25, 0.3) is 0 Å². The average molecular weight is 262 g/mol. The van der Waals surface area contributed by atoms with Crippen molar-refractivity contribution in [3.05, 3.63) is 34.9 Å². The van der Waals surface area contributed by atoms with Gasteiger partial charge in [0, 0.05) is 11.3 Å². The number of hydrogen-bond donors (Lipinski definition) is 1. The molecule has 0 saturated heterocycles. The third kappa shape index (κ3) is 4.51. The summed E-state index contributed by atoms with van der Waals surface area (Å²) in [7, 11) is -2.93. The van der Waals surface area contributed by atoms with Crippen LogP contribution < -0.4 is 5.73 Å². The second-order valence-corrected chi connectivity index (χ2v) is 6.60. The Morgan fingerprint density at radius 1 is 1.31 bits per heavy atom. The summed E-state index contributed by atoms with van der Waals surface area (Å²) in [4.78, 5) is 0. The van der Waals surface area contributed by atoms with Crippen LogP contribution >= 0.6 is 11.6 Å². The molecular formula is C11H16ClNO2S. The lowest BCUT2D eigenvalue weighted by Gasteiger charge is -2.14. The van der Waals surface area contributed by atoms with E-state index in [1.54, 1.807) is 12.1 Å². The molecule has 0 fully saturated rings. The van der Waals surface area contributed by atoms with Crippen molar-refractivity contribution in [2.75, 3.05) is 18.6 Å². The summed E-state index contributed by atoms with van der Waals surface area (Å²) in [5.74, 6) is 0.240. The van der Waals surface area contributed by atoms with Gasteiger partial charge in [0.25, 0.3) is 0 Å². The molecule has 0 aliphatic carbocycles. The molecule has 1 atom stereocenters. The fraction of sp³-hybridized carbons (Fsp3) is 0.455. The lowest BCUT2D eigenvalue weighted by molar-refractivity contribution is 0.590. The van der Waals surface area contributed by atoms with E-state index in [1.165, 1.54) is 6.26 Å². The Morgan fingerprint density at radius 3 is 2.31 bits per heavy atom. The molecule has 1 rings (SSSR count). The molecule has 16 heavy (non-hydrogen) atoms. The van der Waals surface area contributed by atoms with E-state index < -0.39 is 9.84 Å². The fourth-order valence-corrected chi connectivity index (χ4v) is 2.35. The summed E-state index contributed by atoms with van der Waals surface area (Å²) in [5, 5.41) is 0.669. The summed E-state index contributed by atoms with van der Waals surface area (Å²) in [5.41, 5.74) is 6.68. The van der Waals surface area contributed by atoms with Gasteiger partial charge in [0.05, 0.1) is 5.75 Å². The quantitative estimate of drug-likeness (QED) is 0.880. The first-order valence-electron chi connectivity index (χ1n) is 5.05. The monoisotopic (exact) mass is 261 g/mol. The number of rotatable bonds is 5. The molecule has 0 saturated carbocycles. The van der Waals surface area contributed by atoms with Crippen molar-refractivity contribution >= 4 is 21.4 Å². The van der Waals surface area contributed by atoms with E-state index in [1.807, 2.05) is 12.1 Å². The molecule has 0 spiro atoms. The van der Waals surface area contributed by atoms with Crippen molar-refractivity contribution in [1.82, 2.24) is 0 Å². The zero-order valence-corrected chi connectivity index (χ0v) is 10.8. The molecule has 1 aromatic carbocycles. The van der Waals surface area contributed by atoms with Gasteiger partial charge in [-0.25, -0.2) is 8.42 Å². The van der Waals surface area contributed by atoms with E-state index in [9.17, 15) is 8.42 Å². The summed E-state index contributed by atoms with van der Waals surface area (Å²) in [6, 6.07) is 7.37.